The van der Waals surface area contributed by atoms with Crippen LogP contribution < -0.4 is 4.90 Å². The first-order chi connectivity index (χ1) is 8.09. The Morgan fingerprint density at radius 1 is 1.29 bits per heavy atom. The lowest BCUT2D eigenvalue weighted by molar-refractivity contribution is -0.384. The van der Waals surface area contributed by atoms with Crippen molar-refractivity contribution in [3.05, 3.63) is 32.5 Å². The minimum atomic E-state index is -0.464. The first-order valence-electron chi connectivity index (χ1n) is 5.48. The Bertz CT molecular complexity index is 447. The smallest absolute Gasteiger partial charge is 0.293 e. The highest BCUT2D eigenvalue weighted by Crippen LogP contribution is 2.34. The van der Waals surface area contributed by atoms with Crippen molar-refractivity contribution in [2.45, 2.75) is 19.3 Å². The fourth-order valence-corrected chi connectivity index (χ4v) is 2.39. The van der Waals surface area contributed by atoms with Gasteiger partial charge in [0.1, 0.15) is 11.5 Å². The van der Waals surface area contributed by atoms with Gasteiger partial charge in [-0.05, 0) is 35.2 Å². The van der Waals surface area contributed by atoms with Gasteiger partial charge in [-0.25, -0.2) is 4.39 Å². The fraction of sp³-hybridized carbons (Fsp3) is 0.455. The number of nitrogens with zero attached hydrogens (tertiary/aromatic N) is 2. The van der Waals surface area contributed by atoms with Crippen LogP contribution in [0.4, 0.5) is 15.8 Å². The molecule has 1 aromatic carbocycles. The van der Waals surface area contributed by atoms with Gasteiger partial charge in [-0.3, -0.25) is 10.1 Å². The van der Waals surface area contributed by atoms with Crippen molar-refractivity contribution in [1.29, 1.82) is 0 Å². The summed E-state index contributed by atoms with van der Waals surface area (Å²) in [5.41, 5.74) is 0.343. The Morgan fingerprint density at radius 3 is 2.53 bits per heavy atom. The topological polar surface area (TPSA) is 46.4 Å². The molecule has 0 aromatic heterocycles. The van der Waals surface area contributed by atoms with E-state index < -0.39 is 10.7 Å². The van der Waals surface area contributed by atoms with E-state index in [0.29, 0.717) is 5.69 Å². The predicted octanol–water partition coefficient (Wildman–Crippen LogP) is 3.49. The maximum absolute atomic E-state index is 13.5. The van der Waals surface area contributed by atoms with Gasteiger partial charge in [0.05, 0.1) is 9.40 Å². The molecule has 0 amide bonds. The van der Waals surface area contributed by atoms with Crippen LogP contribution in [0.5, 0.6) is 0 Å². The normalized spacial score (nSPS) is 16.0. The lowest BCUT2D eigenvalue weighted by atomic mass is 10.1. The van der Waals surface area contributed by atoms with Crippen LogP contribution in [0.25, 0.3) is 0 Å². The van der Waals surface area contributed by atoms with Crippen LogP contribution in [-0.2, 0) is 0 Å². The summed E-state index contributed by atoms with van der Waals surface area (Å²) in [4.78, 5) is 12.4. The molecule has 1 aliphatic rings. The molecule has 1 saturated heterocycles. The van der Waals surface area contributed by atoms with Gasteiger partial charge in [0.15, 0.2) is 0 Å². The first-order valence-corrected chi connectivity index (χ1v) is 6.27. The van der Waals surface area contributed by atoms with Crippen LogP contribution in [0.2, 0.25) is 0 Å². The van der Waals surface area contributed by atoms with Gasteiger partial charge < -0.3 is 4.90 Å². The SMILES string of the molecule is O=[N+]([O-])c1cc(Br)c(F)cc1N1CCCCC1. The molecule has 0 N–H and O–H groups in total. The molecule has 2 rings (SSSR count). The third-order valence-corrected chi connectivity index (χ3v) is 3.52. The van der Waals surface area contributed by atoms with E-state index in [1.165, 1.54) is 12.1 Å². The second-order valence-corrected chi connectivity index (χ2v) is 4.91. The maximum Gasteiger partial charge on any atom is 0.293 e. The van der Waals surface area contributed by atoms with Crippen LogP contribution in [-0.4, -0.2) is 18.0 Å². The van der Waals surface area contributed by atoms with E-state index in [2.05, 4.69) is 15.9 Å². The average Bonchev–Trinajstić information content (AvgIpc) is 2.33. The zero-order chi connectivity index (χ0) is 12.4. The summed E-state index contributed by atoms with van der Waals surface area (Å²) >= 11 is 2.97. The maximum atomic E-state index is 13.5. The van der Waals surface area contributed by atoms with Crippen molar-refractivity contribution in [3.63, 3.8) is 0 Å². The zero-order valence-electron chi connectivity index (χ0n) is 9.16. The number of piperidine rings is 1. The highest BCUT2D eigenvalue weighted by molar-refractivity contribution is 9.10. The molecule has 17 heavy (non-hydrogen) atoms. The fourth-order valence-electron chi connectivity index (χ4n) is 2.06. The monoisotopic (exact) mass is 302 g/mol. The molecule has 0 atom stereocenters. The quantitative estimate of drug-likeness (QED) is 0.620. The van der Waals surface area contributed by atoms with Gasteiger partial charge in [-0.15, -0.1) is 0 Å². The van der Waals surface area contributed by atoms with Crippen LogP contribution in [0.3, 0.4) is 0 Å². The van der Waals surface area contributed by atoms with E-state index in [-0.39, 0.29) is 10.2 Å². The summed E-state index contributed by atoms with van der Waals surface area (Å²) in [6, 6.07) is 2.48. The molecule has 0 saturated carbocycles. The Morgan fingerprint density at radius 2 is 1.94 bits per heavy atom. The molecule has 4 nitrogen and oxygen atoms in total. The summed E-state index contributed by atoms with van der Waals surface area (Å²) in [5, 5.41) is 11.0. The number of benzene rings is 1. The van der Waals surface area contributed by atoms with Gasteiger partial charge in [0, 0.05) is 25.2 Å². The van der Waals surface area contributed by atoms with E-state index in [9.17, 15) is 14.5 Å². The molecule has 0 spiro atoms. The van der Waals surface area contributed by atoms with Gasteiger partial charge in [0.25, 0.3) is 5.69 Å². The summed E-state index contributed by atoms with van der Waals surface area (Å²) in [6.45, 7) is 1.50. The van der Waals surface area contributed by atoms with Crippen LogP contribution in [0, 0.1) is 15.9 Å². The van der Waals surface area contributed by atoms with Crippen molar-refractivity contribution < 1.29 is 9.31 Å². The van der Waals surface area contributed by atoms with E-state index >= 15 is 0 Å². The Balaban J connectivity index is 2.42. The molecular formula is C11H12BrFN2O2. The number of nitro benzene ring substituents is 1. The summed E-state index contributed by atoms with van der Waals surface area (Å²) < 4.78 is 13.6. The highest BCUT2D eigenvalue weighted by Gasteiger charge is 2.23. The molecule has 1 aromatic rings. The van der Waals surface area contributed by atoms with Crippen molar-refractivity contribution >= 4 is 27.3 Å². The van der Waals surface area contributed by atoms with Gasteiger partial charge in [0.2, 0.25) is 0 Å². The molecular weight excluding hydrogens is 291 g/mol. The van der Waals surface area contributed by atoms with Crippen LogP contribution in [0.1, 0.15) is 19.3 Å². The molecule has 0 radical (unpaired) electrons. The minimum absolute atomic E-state index is 0.0415. The lowest BCUT2D eigenvalue weighted by Gasteiger charge is -2.28. The van der Waals surface area contributed by atoms with Crippen molar-refractivity contribution in [3.8, 4) is 0 Å². The van der Waals surface area contributed by atoms with Crippen LogP contribution >= 0.6 is 15.9 Å². The van der Waals surface area contributed by atoms with Crippen molar-refractivity contribution in [2.75, 3.05) is 18.0 Å². The standard InChI is InChI=1S/C11H12BrFN2O2/c12-8-6-11(15(16)17)10(7-9(8)13)14-4-2-1-3-5-14/h6-7H,1-5H2. The zero-order valence-corrected chi connectivity index (χ0v) is 10.7. The van der Waals surface area contributed by atoms with E-state index in [0.717, 1.165) is 32.4 Å². The number of anilines is 1. The summed E-state index contributed by atoms with van der Waals surface area (Å²) in [6.07, 6.45) is 3.12. The largest absolute Gasteiger partial charge is 0.366 e. The second-order valence-electron chi connectivity index (χ2n) is 4.06. The Labute approximate surface area is 107 Å². The Hall–Kier alpha value is -1.17. The molecule has 0 bridgehead atoms. The third kappa shape index (κ3) is 2.57. The number of hydrogen-bond acceptors (Lipinski definition) is 3. The van der Waals surface area contributed by atoms with Crippen molar-refractivity contribution in [1.82, 2.24) is 0 Å². The first kappa shape index (κ1) is 12.3. The number of hydrogen-bond donors (Lipinski definition) is 0. The van der Waals surface area contributed by atoms with E-state index in [1.807, 2.05) is 4.90 Å². The second kappa shape index (κ2) is 5.00. The van der Waals surface area contributed by atoms with Gasteiger partial charge in [-0.1, -0.05) is 0 Å². The van der Waals surface area contributed by atoms with E-state index in [4.69, 9.17) is 0 Å². The van der Waals surface area contributed by atoms with Gasteiger partial charge >= 0.3 is 0 Å². The molecule has 1 heterocycles. The third-order valence-electron chi connectivity index (χ3n) is 2.91. The summed E-state index contributed by atoms with van der Waals surface area (Å²) in [7, 11) is 0. The molecule has 0 unspecified atom stereocenters. The van der Waals surface area contributed by atoms with E-state index in [1.54, 1.807) is 0 Å². The Kier molecular flexibility index (Phi) is 3.61. The van der Waals surface area contributed by atoms with Crippen LogP contribution in [0.15, 0.2) is 16.6 Å². The molecule has 92 valence electrons. The molecule has 1 fully saturated rings. The molecule has 6 heteroatoms. The lowest BCUT2D eigenvalue weighted by Crippen LogP contribution is -2.30. The molecule has 1 aliphatic heterocycles. The molecule has 0 aliphatic carbocycles. The average molecular weight is 303 g/mol. The minimum Gasteiger partial charge on any atom is -0.366 e. The summed E-state index contributed by atoms with van der Waals surface area (Å²) in [5.74, 6) is -0.462. The van der Waals surface area contributed by atoms with Gasteiger partial charge in [-0.2, -0.15) is 0 Å². The number of halogens is 2. The number of rotatable bonds is 2. The highest BCUT2D eigenvalue weighted by atomic mass is 79.9. The van der Waals surface area contributed by atoms with Crippen molar-refractivity contribution in [2.24, 2.45) is 0 Å². The number of nitro groups is 1. The predicted molar refractivity (Wildman–Crippen MR) is 66.8 cm³/mol.